The number of alkyl halides is 1. The van der Waals surface area contributed by atoms with Gasteiger partial charge in [-0.25, -0.2) is 4.39 Å². The summed E-state index contributed by atoms with van der Waals surface area (Å²) >= 11 is 1.67. The summed E-state index contributed by atoms with van der Waals surface area (Å²) in [5.74, 6) is 1.21. The molecule has 0 radical (unpaired) electrons. The van der Waals surface area contributed by atoms with Gasteiger partial charge in [0.15, 0.2) is 0 Å². The van der Waals surface area contributed by atoms with Crippen molar-refractivity contribution in [3.8, 4) is 6.07 Å². The fraction of sp³-hybridized carbons (Fsp3) is 0.833. The Labute approximate surface area is 58.2 Å². The number of hydrogen-bond acceptors (Lipinski definition) is 2. The van der Waals surface area contributed by atoms with Crippen molar-refractivity contribution in [2.45, 2.75) is 12.6 Å². The summed E-state index contributed by atoms with van der Waals surface area (Å²) in [6.07, 6.45) is -0.306. The van der Waals surface area contributed by atoms with Crippen molar-refractivity contribution in [2.24, 2.45) is 5.92 Å². The topological polar surface area (TPSA) is 23.8 Å². The third kappa shape index (κ3) is 1.59. The average molecular weight is 145 g/mol. The van der Waals surface area contributed by atoms with Gasteiger partial charge in [-0.1, -0.05) is 0 Å². The summed E-state index contributed by atoms with van der Waals surface area (Å²) < 4.78 is 12.6. The third-order valence-electron chi connectivity index (χ3n) is 1.44. The van der Waals surface area contributed by atoms with E-state index in [0.29, 0.717) is 12.2 Å². The van der Waals surface area contributed by atoms with Crippen molar-refractivity contribution in [3.05, 3.63) is 0 Å². The van der Waals surface area contributed by atoms with Crippen LogP contribution in [0.25, 0.3) is 0 Å². The Morgan fingerprint density at radius 3 is 2.89 bits per heavy atom. The Morgan fingerprint density at radius 1 is 1.67 bits per heavy atom. The van der Waals surface area contributed by atoms with Crippen LogP contribution in [-0.4, -0.2) is 17.7 Å². The molecule has 0 aromatic rings. The highest BCUT2D eigenvalue weighted by Crippen LogP contribution is 2.24. The SMILES string of the molecule is N#CC1CSCCC1F. The molecule has 0 aliphatic carbocycles. The maximum absolute atomic E-state index is 12.6. The summed E-state index contributed by atoms with van der Waals surface area (Å²) in [5, 5.41) is 8.36. The molecular weight excluding hydrogens is 137 g/mol. The van der Waals surface area contributed by atoms with E-state index in [1.807, 2.05) is 6.07 Å². The minimum Gasteiger partial charge on any atom is -0.246 e. The quantitative estimate of drug-likeness (QED) is 0.517. The second-order valence-electron chi connectivity index (χ2n) is 2.12. The maximum atomic E-state index is 12.6. The first-order chi connectivity index (χ1) is 4.34. The molecule has 1 nitrogen and oxygen atoms in total. The fourth-order valence-corrected chi connectivity index (χ4v) is 1.93. The minimum absolute atomic E-state index is 0.344. The van der Waals surface area contributed by atoms with Gasteiger partial charge in [0.2, 0.25) is 0 Å². The van der Waals surface area contributed by atoms with Crippen LogP contribution >= 0.6 is 11.8 Å². The molecule has 9 heavy (non-hydrogen) atoms. The predicted molar refractivity (Wildman–Crippen MR) is 35.9 cm³/mol. The Hall–Kier alpha value is -0.230. The first-order valence-electron chi connectivity index (χ1n) is 2.96. The molecule has 0 spiro atoms. The van der Waals surface area contributed by atoms with E-state index in [1.165, 1.54) is 0 Å². The van der Waals surface area contributed by atoms with E-state index in [4.69, 9.17) is 5.26 Å². The Morgan fingerprint density at radius 2 is 2.44 bits per heavy atom. The van der Waals surface area contributed by atoms with E-state index in [2.05, 4.69) is 0 Å². The second-order valence-corrected chi connectivity index (χ2v) is 3.27. The van der Waals surface area contributed by atoms with E-state index in [-0.39, 0.29) is 5.92 Å². The van der Waals surface area contributed by atoms with Gasteiger partial charge in [-0.15, -0.1) is 0 Å². The summed E-state index contributed by atoms with van der Waals surface area (Å²) in [6, 6.07) is 1.96. The van der Waals surface area contributed by atoms with Crippen LogP contribution in [0.1, 0.15) is 6.42 Å². The summed E-state index contributed by atoms with van der Waals surface area (Å²) in [7, 11) is 0. The van der Waals surface area contributed by atoms with Crippen molar-refractivity contribution in [3.63, 3.8) is 0 Å². The highest BCUT2D eigenvalue weighted by atomic mass is 32.2. The van der Waals surface area contributed by atoms with Crippen molar-refractivity contribution in [2.75, 3.05) is 11.5 Å². The number of hydrogen-bond donors (Lipinski definition) is 0. The Kier molecular flexibility index (Phi) is 2.35. The smallest absolute Gasteiger partial charge is 0.117 e. The number of nitriles is 1. The van der Waals surface area contributed by atoms with Gasteiger partial charge in [0.05, 0.1) is 12.0 Å². The van der Waals surface area contributed by atoms with Crippen LogP contribution < -0.4 is 0 Å². The van der Waals surface area contributed by atoms with Crippen LogP contribution in [0.3, 0.4) is 0 Å². The zero-order valence-electron chi connectivity index (χ0n) is 5.01. The van der Waals surface area contributed by atoms with Crippen molar-refractivity contribution in [1.29, 1.82) is 5.26 Å². The van der Waals surface area contributed by atoms with Gasteiger partial charge in [0.25, 0.3) is 0 Å². The van der Waals surface area contributed by atoms with Gasteiger partial charge < -0.3 is 0 Å². The van der Waals surface area contributed by atoms with Crippen LogP contribution in [0.2, 0.25) is 0 Å². The first kappa shape index (κ1) is 6.88. The number of thioether (sulfide) groups is 1. The van der Waals surface area contributed by atoms with Crippen LogP contribution in [0, 0.1) is 17.2 Å². The molecule has 1 fully saturated rings. The van der Waals surface area contributed by atoms with Gasteiger partial charge in [-0.3, -0.25) is 0 Å². The van der Waals surface area contributed by atoms with Crippen LogP contribution in [0.15, 0.2) is 0 Å². The van der Waals surface area contributed by atoms with Crippen molar-refractivity contribution < 1.29 is 4.39 Å². The molecule has 0 aromatic heterocycles. The molecule has 1 aliphatic heterocycles. The molecule has 1 saturated heterocycles. The van der Waals surface area contributed by atoms with E-state index < -0.39 is 6.17 Å². The van der Waals surface area contributed by atoms with E-state index in [1.54, 1.807) is 11.8 Å². The lowest BCUT2D eigenvalue weighted by Crippen LogP contribution is -2.22. The maximum Gasteiger partial charge on any atom is 0.117 e. The molecule has 50 valence electrons. The molecule has 1 aliphatic rings. The molecule has 2 atom stereocenters. The van der Waals surface area contributed by atoms with Crippen LogP contribution in [0.4, 0.5) is 4.39 Å². The average Bonchev–Trinajstić information content (AvgIpc) is 1.89. The molecule has 0 amide bonds. The molecule has 0 bridgehead atoms. The van der Waals surface area contributed by atoms with E-state index in [9.17, 15) is 4.39 Å². The van der Waals surface area contributed by atoms with Crippen molar-refractivity contribution >= 4 is 11.8 Å². The normalized spacial score (nSPS) is 35.6. The minimum atomic E-state index is -0.865. The third-order valence-corrected chi connectivity index (χ3v) is 2.56. The van der Waals surface area contributed by atoms with Gasteiger partial charge in [0, 0.05) is 5.75 Å². The molecule has 3 heteroatoms. The van der Waals surface area contributed by atoms with Gasteiger partial charge in [-0.2, -0.15) is 17.0 Å². The molecule has 0 N–H and O–H groups in total. The zero-order valence-corrected chi connectivity index (χ0v) is 5.83. The van der Waals surface area contributed by atoms with Crippen molar-refractivity contribution in [1.82, 2.24) is 0 Å². The van der Waals surface area contributed by atoms with Crippen LogP contribution in [-0.2, 0) is 0 Å². The predicted octanol–water partition coefficient (Wildman–Crippen LogP) is 1.60. The fourth-order valence-electron chi connectivity index (χ4n) is 0.830. The molecule has 0 saturated carbocycles. The standard InChI is InChI=1S/C6H8FNS/c7-6-1-2-9-4-5(6)3-8/h5-6H,1-2,4H2. The van der Waals surface area contributed by atoms with E-state index >= 15 is 0 Å². The van der Waals surface area contributed by atoms with Gasteiger partial charge in [-0.05, 0) is 12.2 Å². The van der Waals surface area contributed by atoms with Gasteiger partial charge >= 0.3 is 0 Å². The lowest BCUT2D eigenvalue weighted by Gasteiger charge is -2.18. The Balaban J connectivity index is 2.41. The summed E-state index contributed by atoms with van der Waals surface area (Å²) in [6.45, 7) is 0. The van der Waals surface area contributed by atoms with Crippen LogP contribution in [0.5, 0.6) is 0 Å². The largest absolute Gasteiger partial charge is 0.246 e. The molecule has 0 aromatic carbocycles. The number of halogens is 1. The molecular formula is C6H8FNS. The molecule has 1 rings (SSSR count). The zero-order chi connectivity index (χ0) is 6.69. The highest BCUT2D eigenvalue weighted by Gasteiger charge is 2.24. The molecule has 1 heterocycles. The first-order valence-corrected chi connectivity index (χ1v) is 4.11. The Bertz CT molecular complexity index is 132. The lowest BCUT2D eigenvalue weighted by atomic mass is 10.1. The summed E-state index contributed by atoms with van der Waals surface area (Å²) in [5.41, 5.74) is 0. The highest BCUT2D eigenvalue weighted by molar-refractivity contribution is 7.99. The van der Waals surface area contributed by atoms with Gasteiger partial charge in [0.1, 0.15) is 6.17 Å². The van der Waals surface area contributed by atoms with E-state index in [0.717, 1.165) is 5.75 Å². The second kappa shape index (κ2) is 3.07. The number of rotatable bonds is 0. The monoisotopic (exact) mass is 145 g/mol. The number of nitrogens with zero attached hydrogens (tertiary/aromatic N) is 1. The summed E-state index contributed by atoms with van der Waals surface area (Å²) in [4.78, 5) is 0. The lowest BCUT2D eigenvalue weighted by molar-refractivity contribution is 0.271. The molecule has 2 unspecified atom stereocenters.